The van der Waals surface area contributed by atoms with Crippen LogP contribution in [0.15, 0.2) is 48.5 Å². The first-order chi connectivity index (χ1) is 15.0. The molecule has 0 radical (unpaired) electrons. The average molecular weight is 459 g/mol. The number of hydrogen-bond donors (Lipinski definition) is 2. The van der Waals surface area contributed by atoms with Gasteiger partial charge in [-0.15, -0.1) is 0 Å². The third kappa shape index (κ3) is 6.07. The summed E-state index contributed by atoms with van der Waals surface area (Å²) in [5, 5.41) is 9.92. The fraction of sp³-hybridized carbons (Fsp3) is 0.261. The molecule has 2 aromatic carbocycles. The summed E-state index contributed by atoms with van der Waals surface area (Å²) >= 11 is 6.41. The minimum Gasteiger partial charge on any atom is -0.444 e. The lowest BCUT2D eigenvalue weighted by Crippen LogP contribution is -2.27. The van der Waals surface area contributed by atoms with Gasteiger partial charge in [-0.1, -0.05) is 23.7 Å². The number of anilines is 2. The second kappa shape index (κ2) is 9.40. The molecule has 1 heterocycles. The second-order valence-corrected chi connectivity index (χ2v) is 8.55. The van der Waals surface area contributed by atoms with Gasteiger partial charge in [-0.2, -0.15) is 5.10 Å². The Kier molecular flexibility index (Phi) is 6.84. The van der Waals surface area contributed by atoms with E-state index in [0.29, 0.717) is 23.6 Å². The number of nitrogens with zero attached hydrogens (tertiary/aromatic N) is 2. The number of aryl methyl sites for hydroxylation is 1. The van der Waals surface area contributed by atoms with Crippen LogP contribution in [0, 0.1) is 12.7 Å². The van der Waals surface area contributed by atoms with Crippen LogP contribution in [-0.2, 0) is 11.3 Å². The first-order valence-electron chi connectivity index (χ1n) is 9.90. The summed E-state index contributed by atoms with van der Waals surface area (Å²) in [5.74, 6) is -0.741. The van der Waals surface area contributed by atoms with Crippen molar-refractivity contribution in [3.63, 3.8) is 0 Å². The number of rotatable bonds is 5. The molecule has 0 spiro atoms. The minimum absolute atomic E-state index is 0.188. The molecule has 0 fully saturated rings. The normalized spacial score (nSPS) is 11.2. The molecule has 7 nitrogen and oxygen atoms in total. The van der Waals surface area contributed by atoms with Crippen LogP contribution in [0.4, 0.5) is 20.6 Å². The third-order valence-electron chi connectivity index (χ3n) is 4.33. The Morgan fingerprint density at radius 1 is 1.03 bits per heavy atom. The van der Waals surface area contributed by atoms with Crippen molar-refractivity contribution in [2.24, 2.45) is 0 Å². The summed E-state index contributed by atoms with van der Waals surface area (Å²) in [7, 11) is 0. The standard InChI is InChI=1S/C23H24ClFN4O3/c1-14-19(20(24)29(28-14)13-15-5-7-16(25)8-6-15)21(30)26-17-9-11-18(12-10-17)27-22(31)32-23(2,3)4/h5-12H,13H2,1-4H3,(H,26,30)(H,27,31). The Labute approximate surface area is 190 Å². The van der Waals surface area contributed by atoms with Crippen molar-refractivity contribution in [1.82, 2.24) is 9.78 Å². The van der Waals surface area contributed by atoms with Gasteiger partial charge in [-0.25, -0.2) is 13.9 Å². The predicted octanol–water partition coefficient (Wildman–Crippen LogP) is 5.63. The number of carbonyl (C=O) groups excluding carboxylic acids is 2. The zero-order valence-electron chi connectivity index (χ0n) is 18.2. The maximum absolute atomic E-state index is 13.1. The van der Waals surface area contributed by atoms with Gasteiger partial charge in [0.25, 0.3) is 5.91 Å². The van der Waals surface area contributed by atoms with Gasteiger partial charge in [-0.3, -0.25) is 10.1 Å². The van der Waals surface area contributed by atoms with E-state index < -0.39 is 17.6 Å². The molecule has 0 bridgehead atoms. The molecule has 1 aromatic heterocycles. The average Bonchev–Trinajstić information content (AvgIpc) is 2.97. The van der Waals surface area contributed by atoms with Gasteiger partial charge in [0.05, 0.1) is 17.8 Å². The van der Waals surface area contributed by atoms with Gasteiger partial charge in [0.15, 0.2) is 0 Å². The van der Waals surface area contributed by atoms with Crippen LogP contribution in [0.5, 0.6) is 0 Å². The van der Waals surface area contributed by atoms with E-state index in [4.69, 9.17) is 16.3 Å². The third-order valence-corrected chi connectivity index (χ3v) is 4.71. The number of amides is 2. The van der Waals surface area contributed by atoms with Crippen LogP contribution < -0.4 is 10.6 Å². The lowest BCUT2D eigenvalue weighted by Gasteiger charge is -2.19. The molecule has 0 atom stereocenters. The highest BCUT2D eigenvalue weighted by molar-refractivity contribution is 6.33. The summed E-state index contributed by atoms with van der Waals surface area (Å²) in [6.45, 7) is 7.33. The smallest absolute Gasteiger partial charge is 0.412 e. The van der Waals surface area contributed by atoms with Crippen LogP contribution in [0.1, 0.15) is 42.4 Å². The number of nitrogens with one attached hydrogen (secondary N) is 2. The van der Waals surface area contributed by atoms with Gasteiger partial charge < -0.3 is 10.1 Å². The van der Waals surface area contributed by atoms with Crippen molar-refractivity contribution in [2.75, 3.05) is 10.6 Å². The molecule has 3 rings (SSSR count). The molecular formula is C23H24ClFN4O3. The maximum atomic E-state index is 13.1. The molecule has 32 heavy (non-hydrogen) atoms. The van der Waals surface area contributed by atoms with E-state index in [1.54, 1.807) is 64.1 Å². The van der Waals surface area contributed by atoms with Gasteiger partial charge in [0.1, 0.15) is 16.6 Å². The Morgan fingerprint density at radius 3 is 2.16 bits per heavy atom. The molecule has 2 N–H and O–H groups in total. The number of carbonyl (C=O) groups is 2. The Bertz CT molecular complexity index is 1120. The van der Waals surface area contributed by atoms with E-state index in [1.807, 2.05) is 0 Å². The molecule has 2 amide bonds. The SMILES string of the molecule is Cc1nn(Cc2ccc(F)cc2)c(Cl)c1C(=O)Nc1ccc(NC(=O)OC(C)(C)C)cc1. The lowest BCUT2D eigenvalue weighted by atomic mass is 10.2. The molecule has 0 saturated carbocycles. The molecule has 3 aromatic rings. The number of halogens is 2. The lowest BCUT2D eigenvalue weighted by molar-refractivity contribution is 0.0635. The van der Waals surface area contributed by atoms with E-state index in [2.05, 4.69) is 15.7 Å². The Balaban J connectivity index is 1.67. The minimum atomic E-state index is -0.601. The maximum Gasteiger partial charge on any atom is 0.412 e. The quantitative estimate of drug-likeness (QED) is 0.518. The highest BCUT2D eigenvalue weighted by Gasteiger charge is 2.21. The first kappa shape index (κ1) is 23.3. The largest absolute Gasteiger partial charge is 0.444 e. The van der Waals surface area contributed by atoms with Crippen molar-refractivity contribution in [3.05, 3.63) is 76.3 Å². The van der Waals surface area contributed by atoms with Gasteiger partial charge in [0, 0.05) is 11.4 Å². The van der Waals surface area contributed by atoms with Crippen LogP contribution in [0.3, 0.4) is 0 Å². The molecule has 168 valence electrons. The summed E-state index contributed by atoms with van der Waals surface area (Å²) < 4.78 is 19.8. The fourth-order valence-electron chi connectivity index (χ4n) is 2.93. The summed E-state index contributed by atoms with van der Waals surface area (Å²) in [5.41, 5.74) is 1.97. The van der Waals surface area contributed by atoms with E-state index in [0.717, 1.165) is 5.56 Å². The van der Waals surface area contributed by atoms with Crippen molar-refractivity contribution in [3.8, 4) is 0 Å². The van der Waals surface area contributed by atoms with Crippen molar-refractivity contribution >= 4 is 35.0 Å². The van der Waals surface area contributed by atoms with Crippen LogP contribution in [0.25, 0.3) is 0 Å². The molecule has 0 aliphatic heterocycles. The molecule has 0 aliphatic rings. The molecule has 0 saturated heterocycles. The Hall–Kier alpha value is -3.39. The van der Waals surface area contributed by atoms with Crippen LogP contribution >= 0.6 is 11.6 Å². The van der Waals surface area contributed by atoms with Gasteiger partial charge in [-0.05, 0) is 69.7 Å². The fourth-order valence-corrected chi connectivity index (χ4v) is 3.25. The summed E-state index contributed by atoms with van der Waals surface area (Å²) in [4.78, 5) is 24.7. The zero-order chi connectivity index (χ0) is 23.5. The van der Waals surface area contributed by atoms with Crippen molar-refractivity contribution < 1.29 is 18.7 Å². The van der Waals surface area contributed by atoms with Crippen LogP contribution in [0.2, 0.25) is 5.15 Å². The molecule has 9 heteroatoms. The summed E-state index contributed by atoms with van der Waals surface area (Å²) in [6, 6.07) is 12.6. The molecule has 0 unspecified atom stereocenters. The number of ether oxygens (including phenoxy) is 1. The van der Waals surface area contributed by atoms with E-state index in [-0.39, 0.29) is 16.5 Å². The molecular weight excluding hydrogens is 435 g/mol. The van der Waals surface area contributed by atoms with Gasteiger partial charge >= 0.3 is 6.09 Å². The number of aromatic nitrogens is 2. The Morgan fingerprint density at radius 2 is 1.59 bits per heavy atom. The van der Waals surface area contributed by atoms with E-state index in [9.17, 15) is 14.0 Å². The topological polar surface area (TPSA) is 85.3 Å². The summed E-state index contributed by atoms with van der Waals surface area (Å²) in [6.07, 6.45) is -0.565. The van der Waals surface area contributed by atoms with E-state index in [1.165, 1.54) is 16.8 Å². The number of benzene rings is 2. The first-order valence-corrected chi connectivity index (χ1v) is 10.3. The zero-order valence-corrected chi connectivity index (χ0v) is 19.0. The van der Waals surface area contributed by atoms with E-state index >= 15 is 0 Å². The van der Waals surface area contributed by atoms with Crippen LogP contribution in [-0.4, -0.2) is 27.4 Å². The molecule has 0 aliphatic carbocycles. The van der Waals surface area contributed by atoms with Gasteiger partial charge in [0.2, 0.25) is 0 Å². The highest BCUT2D eigenvalue weighted by Crippen LogP contribution is 2.23. The van der Waals surface area contributed by atoms with Crippen molar-refractivity contribution in [1.29, 1.82) is 0 Å². The number of hydrogen-bond acceptors (Lipinski definition) is 4. The monoisotopic (exact) mass is 458 g/mol. The van der Waals surface area contributed by atoms with Crippen molar-refractivity contribution in [2.45, 2.75) is 39.8 Å². The highest BCUT2D eigenvalue weighted by atomic mass is 35.5. The predicted molar refractivity (Wildman–Crippen MR) is 122 cm³/mol. The second-order valence-electron chi connectivity index (χ2n) is 8.19.